The molecule has 0 aliphatic carbocycles. The minimum absolute atomic E-state index is 0.0465. The Morgan fingerprint density at radius 2 is 2.00 bits per heavy atom. The second-order valence-corrected chi connectivity index (χ2v) is 2.36. The lowest BCUT2D eigenvalue weighted by Gasteiger charge is -2.10. The normalized spacial score (nSPS) is 16.0. The highest BCUT2D eigenvalue weighted by Gasteiger charge is 2.03. The standard InChI is InChI=1S/C8H14O2/c1-6(5-9)7(2)8(3)10-4/h5,8H,1-4H3/b7-6+. The number of hydrogen-bond donors (Lipinski definition) is 0. The monoisotopic (exact) mass is 142 g/mol. The first-order valence-electron chi connectivity index (χ1n) is 3.28. The van der Waals surface area contributed by atoms with E-state index >= 15 is 0 Å². The summed E-state index contributed by atoms with van der Waals surface area (Å²) in [7, 11) is 1.63. The van der Waals surface area contributed by atoms with Gasteiger partial charge in [-0.05, 0) is 31.9 Å². The molecule has 0 aromatic carbocycles. The maximum absolute atomic E-state index is 10.3. The van der Waals surface area contributed by atoms with E-state index in [1.807, 2.05) is 13.8 Å². The minimum Gasteiger partial charge on any atom is -0.377 e. The summed E-state index contributed by atoms with van der Waals surface area (Å²) in [5, 5.41) is 0. The van der Waals surface area contributed by atoms with Crippen molar-refractivity contribution in [3.8, 4) is 0 Å². The molecule has 0 aromatic rings. The van der Waals surface area contributed by atoms with Crippen LogP contribution < -0.4 is 0 Å². The molecule has 0 aliphatic rings. The van der Waals surface area contributed by atoms with Gasteiger partial charge >= 0.3 is 0 Å². The van der Waals surface area contributed by atoms with Crippen LogP contribution in [0.15, 0.2) is 11.1 Å². The zero-order valence-electron chi connectivity index (χ0n) is 6.97. The predicted molar refractivity (Wildman–Crippen MR) is 40.9 cm³/mol. The van der Waals surface area contributed by atoms with Gasteiger partial charge in [0.1, 0.15) is 6.29 Å². The second-order valence-electron chi connectivity index (χ2n) is 2.36. The number of allylic oxidation sites excluding steroid dienone is 1. The van der Waals surface area contributed by atoms with Crippen molar-refractivity contribution in [2.75, 3.05) is 7.11 Å². The van der Waals surface area contributed by atoms with Gasteiger partial charge in [0.15, 0.2) is 0 Å². The number of aldehydes is 1. The van der Waals surface area contributed by atoms with Crippen LogP contribution in [0, 0.1) is 0 Å². The summed E-state index contributed by atoms with van der Waals surface area (Å²) in [6, 6.07) is 0. The average Bonchev–Trinajstić information content (AvgIpc) is 2.00. The van der Waals surface area contributed by atoms with Gasteiger partial charge in [-0.2, -0.15) is 0 Å². The molecule has 0 fully saturated rings. The number of carbonyl (C=O) groups excluding carboxylic acids is 1. The van der Waals surface area contributed by atoms with Crippen LogP contribution in [0.3, 0.4) is 0 Å². The summed E-state index contributed by atoms with van der Waals surface area (Å²) in [6.07, 6.45) is 0.899. The molecule has 0 spiro atoms. The second kappa shape index (κ2) is 4.23. The summed E-state index contributed by atoms with van der Waals surface area (Å²) in [5.41, 5.74) is 1.76. The Kier molecular flexibility index (Phi) is 3.96. The Hall–Kier alpha value is -0.630. The predicted octanol–water partition coefficient (Wildman–Crippen LogP) is 1.56. The molecule has 0 aliphatic heterocycles. The smallest absolute Gasteiger partial charge is 0.145 e. The van der Waals surface area contributed by atoms with E-state index in [0.29, 0.717) is 0 Å². The Morgan fingerprint density at radius 1 is 1.50 bits per heavy atom. The molecule has 58 valence electrons. The highest BCUT2D eigenvalue weighted by molar-refractivity contribution is 5.73. The zero-order valence-corrected chi connectivity index (χ0v) is 6.97. The van der Waals surface area contributed by atoms with Gasteiger partial charge in [0.05, 0.1) is 6.10 Å². The molecule has 0 amide bonds. The lowest BCUT2D eigenvalue weighted by molar-refractivity contribution is -0.105. The van der Waals surface area contributed by atoms with Gasteiger partial charge in [-0.15, -0.1) is 0 Å². The van der Waals surface area contributed by atoms with Crippen LogP contribution in [-0.4, -0.2) is 19.5 Å². The number of ether oxygens (including phenoxy) is 1. The van der Waals surface area contributed by atoms with Crippen LogP contribution >= 0.6 is 0 Å². The number of carbonyl (C=O) groups is 1. The molecule has 0 saturated heterocycles. The average molecular weight is 142 g/mol. The molecule has 0 rings (SSSR count). The summed E-state index contributed by atoms with van der Waals surface area (Å²) in [6.45, 7) is 5.61. The molecule has 1 atom stereocenters. The van der Waals surface area contributed by atoms with Gasteiger partial charge in [-0.1, -0.05) is 0 Å². The molecule has 0 heterocycles. The largest absolute Gasteiger partial charge is 0.377 e. The molecule has 0 aromatic heterocycles. The first kappa shape index (κ1) is 9.37. The maximum Gasteiger partial charge on any atom is 0.145 e. The fourth-order valence-corrected chi connectivity index (χ4v) is 0.590. The first-order valence-corrected chi connectivity index (χ1v) is 3.28. The van der Waals surface area contributed by atoms with Crippen LogP contribution in [0.4, 0.5) is 0 Å². The highest BCUT2D eigenvalue weighted by atomic mass is 16.5. The molecule has 2 nitrogen and oxygen atoms in total. The van der Waals surface area contributed by atoms with Gasteiger partial charge in [-0.3, -0.25) is 4.79 Å². The van der Waals surface area contributed by atoms with Gasteiger partial charge in [0.2, 0.25) is 0 Å². The third-order valence-corrected chi connectivity index (χ3v) is 1.76. The lowest BCUT2D eigenvalue weighted by Crippen LogP contribution is -2.08. The lowest BCUT2D eigenvalue weighted by atomic mass is 10.1. The molecular weight excluding hydrogens is 128 g/mol. The van der Waals surface area contributed by atoms with Gasteiger partial charge in [0.25, 0.3) is 0 Å². The minimum atomic E-state index is 0.0465. The van der Waals surface area contributed by atoms with Gasteiger partial charge in [0, 0.05) is 7.11 Å². The topological polar surface area (TPSA) is 26.3 Å². The SMILES string of the molecule is COC(C)/C(C)=C(\C)C=O. The van der Waals surface area contributed by atoms with Crippen molar-refractivity contribution in [2.24, 2.45) is 0 Å². The molecule has 1 unspecified atom stereocenters. The fourth-order valence-electron chi connectivity index (χ4n) is 0.590. The Bertz CT molecular complexity index is 147. The third kappa shape index (κ3) is 2.31. The van der Waals surface area contributed by atoms with Crippen LogP contribution in [0.25, 0.3) is 0 Å². The fraction of sp³-hybridized carbons (Fsp3) is 0.625. The molecule has 0 saturated carbocycles. The summed E-state index contributed by atoms with van der Waals surface area (Å²) in [4.78, 5) is 10.3. The van der Waals surface area contributed by atoms with Crippen LogP contribution in [0.1, 0.15) is 20.8 Å². The molecule has 0 radical (unpaired) electrons. The van der Waals surface area contributed by atoms with Crippen molar-refractivity contribution in [1.29, 1.82) is 0 Å². The van der Waals surface area contributed by atoms with Crippen LogP contribution in [0.5, 0.6) is 0 Å². The van der Waals surface area contributed by atoms with E-state index < -0.39 is 0 Å². The molecule has 0 N–H and O–H groups in total. The number of rotatable bonds is 3. The Morgan fingerprint density at radius 3 is 2.30 bits per heavy atom. The van der Waals surface area contributed by atoms with Crippen molar-refractivity contribution >= 4 is 6.29 Å². The van der Waals surface area contributed by atoms with Crippen LogP contribution in [-0.2, 0) is 9.53 Å². The van der Waals surface area contributed by atoms with E-state index in [2.05, 4.69) is 0 Å². The highest BCUT2D eigenvalue weighted by Crippen LogP contribution is 2.08. The van der Waals surface area contributed by atoms with Crippen molar-refractivity contribution < 1.29 is 9.53 Å². The van der Waals surface area contributed by atoms with E-state index in [1.54, 1.807) is 14.0 Å². The molecule has 0 bridgehead atoms. The molecular formula is C8H14O2. The first-order chi connectivity index (χ1) is 4.63. The van der Waals surface area contributed by atoms with E-state index in [4.69, 9.17) is 4.74 Å². The summed E-state index contributed by atoms with van der Waals surface area (Å²) >= 11 is 0. The Balaban J connectivity index is 4.29. The van der Waals surface area contributed by atoms with E-state index in [1.165, 1.54) is 0 Å². The van der Waals surface area contributed by atoms with Crippen LogP contribution in [0.2, 0.25) is 0 Å². The van der Waals surface area contributed by atoms with E-state index in [0.717, 1.165) is 17.4 Å². The van der Waals surface area contributed by atoms with E-state index in [9.17, 15) is 4.79 Å². The van der Waals surface area contributed by atoms with Gasteiger partial charge in [-0.25, -0.2) is 0 Å². The summed E-state index contributed by atoms with van der Waals surface area (Å²) in [5.74, 6) is 0. The van der Waals surface area contributed by atoms with Gasteiger partial charge < -0.3 is 4.74 Å². The third-order valence-electron chi connectivity index (χ3n) is 1.76. The van der Waals surface area contributed by atoms with Crippen molar-refractivity contribution in [3.05, 3.63) is 11.1 Å². The van der Waals surface area contributed by atoms with Crippen molar-refractivity contribution in [2.45, 2.75) is 26.9 Å². The number of methoxy groups -OCH3 is 1. The quantitative estimate of drug-likeness (QED) is 0.441. The molecule has 10 heavy (non-hydrogen) atoms. The summed E-state index contributed by atoms with van der Waals surface area (Å²) < 4.78 is 5.02. The van der Waals surface area contributed by atoms with Crippen molar-refractivity contribution in [1.82, 2.24) is 0 Å². The Labute approximate surface area is 61.9 Å². The van der Waals surface area contributed by atoms with E-state index in [-0.39, 0.29) is 6.10 Å². The number of hydrogen-bond acceptors (Lipinski definition) is 2. The van der Waals surface area contributed by atoms with Crippen molar-refractivity contribution in [3.63, 3.8) is 0 Å². The maximum atomic E-state index is 10.3. The zero-order chi connectivity index (χ0) is 8.15. The molecule has 2 heteroatoms.